The molecule has 0 aromatic carbocycles. The van der Waals surface area contributed by atoms with Gasteiger partial charge in [0.15, 0.2) is 0 Å². The van der Waals surface area contributed by atoms with Crippen molar-refractivity contribution >= 4 is 11.7 Å². The molecule has 2 N–H and O–H groups in total. The third kappa shape index (κ3) is 3.86. The molecule has 16 heavy (non-hydrogen) atoms. The number of amides is 1. The lowest BCUT2D eigenvalue weighted by molar-refractivity contribution is -0.129. The van der Waals surface area contributed by atoms with Gasteiger partial charge in [0, 0.05) is 26.8 Å². The molecule has 1 amide bonds. The van der Waals surface area contributed by atoms with Gasteiger partial charge in [-0.1, -0.05) is 0 Å². The largest absolute Gasteiger partial charge is 0.384 e. The molecular weight excluding hydrogens is 204 g/mol. The standard InChI is InChI=1S/C11H18N4O/c1-14(2)11(16)8-15(3)7-9-4-5-13-10(12)6-9/h4-6H,7-8H2,1-3H3,(H2,12,13). The molecular formula is C11H18N4O. The quantitative estimate of drug-likeness (QED) is 0.789. The maximum Gasteiger partial charge on any atom is 0.236 e. The van der Waals surface area contributed by atoms with Crippen molar-refractivity contribution in [1.82, 2.24) is 14.8 Å². The number of nitrogens with two attached hydrogens (primary N) is 1. The molecule has 0 saturated carbocycles. The first-order valence-electron chi connectivity index (χ1n) is 5.08. The normalized spacial score (nSPS) is 10.5. The molecule has 0 fully saturated rings. The predicted octanol–water partition coefficient (Wildman–Crippen LogP) is 0.184. The van der Waals surface area contributed by atoms with E-state index < -0.39 is 0 Å². The summed E-state index contributed by atoms with van der Waals surface area (Å²) in [4.78, 5) is 18.9. The molecule has 5 nitrogen and oxygen atoms in total. The molecule has 0 aliphatic heterocycles. The van der Waals surface area contributed by atoms with E-state index in [1.807, 2.05) is 24.1 Å². The summed E-state index contributed by atoms with van der Waals surface area (Å²) >= 11 is 0. The number of likely N-dealkylation sites (N-methyl/N-ethyl adjacent to an activating group) is 2. The highest BCUT2D eigenvalue weighted by Crippen LogP contribution is 2.05. The lowest BCUT2D eigenvalue weighted by Crippen LogP contribution is -2.34. The number of rotatable bonds is 4. The number of pyridine rings is 1. The minimum absolute atomic E-state index is 0.0875. The Hall–Kier alpha value is -1.62. The Kier molecular flexibility index (Phi) is 4.25. The first kappa shape index (κ1) is 12.4. The van der Waals surface area contributed by atoms with Gasteiger partial charge in [0.25, 0.3) is 0 Å². The number of carbonyl (C=O) groups is 1. The van der Waals surface area contributed by atoms with Gasteiger partial charge in [0.05, 0.1) is 6.54 Å². The fourth-order valence-electron chi connectivity index (χ4n) is 1.33. The Morgan fingerprint density at radius 3 is 2.69 bits per heavy atom. The summed E-state index contributed by atoms with van der Waals surface area (Å²) in [5, 5.41) is 0. The van der Waals surface area contributed by atoms with Crippen LogP contribution in [0.4, 0.5) is 5.82 Å². The third-order valence-corrected chi connectivity index (χ3v) is 2.20. The van der Waals surface area contributed by atoms with Gasteiger partial charge in [0.2, 0.25) is 5.91 Å². The summed E-state index contributed by atoms with van der Waals surface area (Å²) in [6.07, 6.45) is 1.67. The van der Waals surface area contributed by atoms with Crippen molar-refractivity contribution in [1.29, 1.82) is 0 Å². The van der Waals surface area contributed by atoms with E-state index in [0.29, 0.717) is 18.9 Å². The van der Waals surface area contributed by atoms with Gasteiger partial charge in [-0.05, 0) is 24.7 Å². The van der Waals surface area contributed by atoms with E-state index in [1.165, 1.54) is 0 Å². The topological polar surface area (TPSA) is 62.5 Å². The van der Waals surface area contributed by atoms with E-state index in [1.54, 1.807) is 25.2 Å². The lowest BCUT2D eigenvalue weighted by Gasteiger charge is -2.18. The highest BCUT2D eigenvalue weighted by molar-refractivity contribution is 5.77. The van der Waals surface area contributed by atoms with Crippen LogP contribution in [0.3, 0.4) is 0 Å². The van der Waals surface area contributed by atoms with Crippen molar-refractivity contribution in [2.24, 2.45) is 0 Å². The molecule has 0 aliphatic rings. The Morgan fingerprint density at radius 1 is 1.44 bits per heavy atom. The molecule has 0 bridgehead atoms. The van der Waals surface area contributed by atoms with Gasteiger partial charge in [0.1, 0.15) is 5.82 Å². The highest BCUT2D eigenvalue weighted by Gasteiger charge is 2.08. The maximum absolute atomic E-state index is 11.5. The molecule has 5 heteroatoms. The summed E-state index contributed by atoms with van der Waals surface area (Å²) < 4.78 is 0. The van der Waals surface area contributed by atoms with E-state index in [2.05, 4.69) is 4.98 Å². The van der Waals surface area contributed by atoms with E-state index in [0.717, 1.165) is 5.56 Å². The van der Waals surface area contributed by atoms with Gasteiger partial charge in [-0.15, -0.1) is 0 Å². The van der Waals surface area contributed by atoms with E-state index in [-0.39, 0.29) is 5.91 Å². The number of nitrogen functional groups attached to an aromatic ring is 1. The van der Waals surface area contributed by atoms with Crippen molar-refractivity contribution < 1.29 is 4.79 Å². The van der Waals surface area contributed by atoms with Crippen LogP contribution in [0.2, 0.25) is 0 Å². The zero-order valence-electron chi connectivity index (χ0n) is 9.97. The lowest BCUT2D eigenvalue weighted by atomic mass is 10.2. The molecule has 1 aromatic rings. The van der Waals surface area contributed by atoms with Crippen LogP contribution in [-0.4, -0.2) is 48.4 Å². The first-order valence-corrected chi connectivity index (χ1v) is 5.08. The first-order chi connectivity index (χ1) is 7.49. The van der Waals surface area contributed by atoms with Crippen molar-refractivity contribution in [3.8, 4) is 0 Å². The Bertz CT molecular complexity index is 365. The summed E-state index contributed by atoms with van der Waals surface area (Å²) in [5.74, 6) is 0.592. The Morgan fingerprint density at radius 2 is 2.12 bits per heavy atom. The molecule has 1 aromatic heterocycles. The van der Waals surface area contributed by atoms with Crippen LogP contribution in [-0.2, 0) is 11.3 Å². The second-order valence-electron chi connectivity index (χ2n) is 4.05. The smallest absolute Gasteiger partial charge is 0.236 e. The van der Waals surface area contributed by atoms with E-state index >= 15 is 0 Å². The summed E-state index contributed by atoms with van der Waals surface area (Å²) in [5.41, 5.74) is 6.64. The molecule has 0 unspecified atom stereocenters. The van der Waals surface area contributed by atoms with Crippen molar-refractivity contribution in [3.63, 3.8) is 0 Å². The average Bonchev–Trinajstić information content (AvgIpc) is 2.16. The number of nitrogens with zero attached hydrogens (tertiary/aromatic N) is 3. The van der Waals surface area contributed by atoms with Gasteiger partial charge in [-0.2, -0.15) is 0 Å². The third-order valence-electron chi connectivity index (χ3n) is 2.20. The molecule has 0 aliphatic carbocycles. The average molecular weight is 222 g/mol. The van der Waals surface area contributed by atoms with Crippen molar-refractivity contribution in [2.75, 3.05) is 33.4 Å². The van der Waals surface area contributed by atoms with Crippen LogP contribution < -0.4 is 5.73 Å². The van der Waals surface area contributed by atoms with Crippen LogP contribution >= 0.6 is 0 Å². The van der Waals surface area contributed by atoms with Crippen LogP contribution in [0, 0.1) is 0 Å². The van der Waals surface area contributed by atoms with Crippen LogP contribution in [0.15, 0.2) is 18.3 Å². The predicted molar refractivity (Wildman–Crippen MR) is 63.7 cm³/mol. The van der Waals surface area contributed by atoms with E-state index in [9.17, 15) is 4.79 Å². The molecule has 88 valence electrons. The zero-order chi connectivity index (χ0) is 12.1. The minimum Gasteiger partial charge on any atom is -0.384 e. The van der Waals surface area contributed by atoms with Gasteiger partial charge in [-0.3, -0.25) is 9.69 Å². The molecule has 0 atom stereocenters. The molecule has 0 saturated heterocycles. The number of anilines is 1. The fourth-order valence-corrected chi connectivity index (χ4v) is 1.33. The number of hydrogen-bond donors (Lipinski definition) is 1. The van der Waals surface area contributed by atoms with Gasteiger partial charge < -0.3 is 10.6 Å². The SMILES string of the molecule is CN(CC(=O)N(C)C)Cc1ccnc(N)c1. The summed E-state index contributed by atoms with van der Waals surface area (Å²) in [7, 11) is 5.40. The van der Waals surface area contributed by atoms with Crippen LogP contribution in [0.1, 0.15) is 5.56 Å². The number of hydrogen-bond acceptors (Lipinski definition) is 4. The fraction of sp³-hybridized carbons (Fsp3) is 0.455. The van der Waals surface area contributed by atoms with Crippen LogP contribution in [0.25, 0.3) is 0 Å². The second kappa shape index (κ2) is 5.46. The zero-order valence-corrected chi connectivity index (χ0v) is 9.97. The minimum atomic E-state index is 0.0875. The summed E-state index contributed by atoms with van der Waals surface area (Å²) in [6.45, 7) is 1.08. The Labute approximate surface area is 95.9 Å². The molecule has 0 spiro atoms. The number of carbonyl (C=O) groups excluding carboxylic acids is 1. The molecule has 0 radical (unpaired) electrons. The molecule has 1 rings (SSSR count). The van der Waals surface area contributed by atoms with E-state index in [4.69, 9.17) is 5.73 Å². The Balaban J connectivity index is 2.51. The van der Waals surface area contributed by atoms with Crippen molar-refractivity contribution in [2.45, 2.75) is 6.54 Å². The maximum atomic E-state index is 11.5. The van der Waals surface area contributed by atoms with Crippen molar-refractivity contribution in [3.05, 3.63) is 23.9 Å². The summed E-state index contributed by atoms with van der Waals surface area (Å²) in [6, 6.07) is 3.71. The monoisotopic (exact) mass is 222 g/mol. The van der Waals surface area contributed by atoms with Gasteiger partial charge >= 0.3 is 0 Å². The van der Waals surface area contributed by atoms with Crippen LogP contribution in [0.5, 0.6) is 0 Å². The molecule has 1 heterocycles. The second-order valence-corrected chi connectivity index (χ2v) is 4.05. The number of aromatic nitrogens is 1. The van der Waals surface area contributed by atoms with Gasteiger partial charge in [-0.25, -0.2) is 4.98 Å². The highest BCUT2D eigenvalue weighted by atomic mass is 16.2.